The number of hydrogen-bond donors (Lipinski definition) is 0. The van der Waals surface area contributed by atoms with Crippen molar-refractivity contribution in [2.75, 3.05) is 14.2 Å². The molecule has 5 nitrogen and oxygen atoms in total. The Morgan fingerprint density at radius 3 is 2.80 bits per heavy atom. The van der Waals surface area contributed by atoms with Crippen molar-refractivity contribution < 1.29 is 14.3 Å². The van der Waals surface area contributed by atoms with E-state index in [1.807, 2.05) is 6.92 Å². The van der Waals surface area contributed by atoms with Gasteiger partial charge in [0.1, 0.15) is 17.3 Å². The van der Waals surface area contributed by atoms with Gasteiger partial charge in [0.25, 0.3) is 0 Å². The molecule has 0 unspecified atom stereocenters. The van der Waals surface area contributed by atoms with Crippen LogP contribution in [0.3, 0.4) is 0 Å². The van der Waals surface area contributed by atoms with Crippen LogP contribution in [0.4, 0.5) is 0 Å². The Morgan fingerprint density at radius 2 is 2.15 bits per heavy atom. The summed E-state index contributed by atoms with van der Waals surface area (Å²) in [6.07, 6.45) is 1.50. The fourth-order valence-electron chi connectivity index (χ4n) is 1.98. The molecule has 0 saturated heterocycles. The summed E-state index contributed by atoms with van der Waals surface area (Å²) in [7, 11) is 2.93. The number of halogens is 1. The molecule has 0 aliphatic heterocycles. The molecule has 0 aliphatic rings. The van der Waals surface area contributed by atoms with E-state index >= 15 is 0 Å². The van der Waals surface area contributed by atoms with E-state index in [2.05, 4.69) is 4.98 Å². The van der Waals surface area contributed by atoms with Gasteiger partial charge in [-0.25, -0.2) is 9.78 Å². The van der Waals surface area contributed by atoms with Crippen molar-refractivity contribution in [3.63, 3.8) is 0 Å². The molecule has 2 aromatic rings. The topological polar surface area (TPSA) is 53.3 Å². The molecular weight excluding hydrogens is 280 g/mol. The lowest BCUT2D eigenvalue weighted by Crippen LogP contribution is -2.13. The number of carbonyl (C=O) groups is 1. The van der Waals surface area contributed by atoms with Crippen LogP contribution in [-0.4, -0.2) is 29.7 Å². The van der Waals surface area contributed by atoms with Gasteiger partial charge in [0.2, 0.25) is 0 Å². The lowest BCUT2D eigenvalue weighted by atomic mass is 10.2. The Kier molecular flexibility index (Phi) is 4.29. The summed E-state index contributed by atoms with van der Waals surface area (Å²) in [6.45, 7) is 2.25. The molecule has 1 aromatic carbocycles. The first-order chi connectivity index (χ1) is 9.56. The molecule has 0 radical (unpaired) electrons. The number of ether oxygens (including phenoxy) is 2. The summed E-state index contributed by atoms with van der Waals surface area (Å²) in [5, 5.41) is 0.609. The van der Waals surface area contributed by atoms with Crippen molar-refractivity contribution in [1.29, 1.82) is 0 Å². The van der Waals surface area contributed by atoms with Crippen LogP contribution in [0.25, 0.3) is 0 Å². The van der Waals surface area contributed by atoms with E-state index in [0.29, 0.717) is 28.8 Å². The largest absolute Gasteiger partial charge is 0.496 e. The van der Waals surface area contributed by atoms with Crippen LogP contribution in [0.5, 0.6) is 5.75 Å². The molecule has 6 heteroatoms. The van der Waals surface area contributed by atoms with Gasteiger partial charge in [-0.05, 0) is 25.1 Å². The lowest BCUT2D eigenvalue weighted by molar-refractivity contribution is 0.0588. The van der Waals surface area contributed by atoms with E-state index in [1.54, 1.807) is 29.9 Å². The van der Waals surface area contributed by atoms with Gasteiger partial charge in [-0.3, -0.25) is 0 Å². The number of esters is 1. The molecule has 0 N–H and O–H groups in total. The molecule has 2 rings (SSSR count). The molecular formula is C14H15ClN2O3. The number of benzene rings is 1. The summed E-state index contributed by atoms with van der Waals surface area (Å²) in [5.41, 5.74) is 1.26. The highest BCUT2D eigenvalue weighted by atomic mass is 35.5. The molecule has 0 aliphatic carbocycles. The van der Waals surface area contributed by atoms with Gasteiger partial charge in [-0.15, -0.1) is 0 Å². The maximum Gasteiger partial charge on any atom is 0.356 e. The van der Waals surface area contributed by atoms with Crippen molar-refractivity contribution in [2.24, 2.45) is 0 Å². The maximum atomic E-state index is 11.7. The van der Waals surface area contributed by atoms with Crippen molar-refractivity contribution in [1.82, 2.24) is 9.55 Å². The van der Waals surface area contributed by atoms with E-state index in [-0.39, 0.29) is 0 Å². The van der Waals surface area contributed by atoms with Crippen LogP contribution in [0.15, 0.2) is 24.4 Å². The zero-order chi connectivity index (χ0) is 14.7. The first-order valence-electron chi connectivity index (χ1n) is 5.99. The van der Waals surface area contributed by atoms with Crippen LogP contribution < -0.4 is 4.74 Å². The number of methoxy groups -OCH3 is 2. The van der Waals surface area contributed by atoms with Crippen molar-refractivity contribution in [2.45, 2.75) is 13.5 Å². The smallest absolute Gasteiger partial charge is 0.356 e. The zero-order valence-corrected chi connectivity index (χ0v) is 12.3. The molecule has 20 heavy (non-hydrogen) atoms. The van der Waals surface area contributed by atoms with Gasteiger partial charge in [0, 0.05) is 10.6 Å². The minimum atomic E-state index is -0.424. The molecule has 0 saturated carbocycles. The number of aryl methyl sites for hydroxylation is 1. The summed E-state index contributed by atoms with van der Waals surface area (Å²) in [6, 6.07) is 5.36. The average molecular weight is 295 g/mol. The van der Waals surface area contributed by atoms with Gasteiger partial charge in [0.05, 0.1) is 27.0 Å². The first-order valence-corrected chi connectivity index (χ1v) is 6.37. The second-order valence-corrected chi connectivity index (χ2v) is 4.66. The standard InChI is InChI=1S/C14H15ClN2O3/c1-9-16-7-12(14(18)20-3)17(9)8-10-6-11(15)4-5-13(10)19-2/h4-7H,8H2,1-3H3. The number of aromatic nitrogens is 2. The highest BCUT2D eigenvalue weighted by Crippen LogP contribution is 2.24. The summed E-state index contributed by atoms with van der Waals surface area (Å²) in [5.74, 6) is 0.998. The fraction of sp³-hybridized carbons (Fsp3) is 0.286. The molecule has 0 spiro atoms. The van der Waals surface area contributed by atoms with Gasteiger partial charge >= 0.3 is 5.97 Å². The normalized spacial score (nSPS) is 10.4. The quantitative estimate of drug-likeness (QED) is 0.814. The van der Waals surface area contributed by atoms with E-state index in [9.17, 15) is 4.79 Å². The molecule has 106 valence electrons. The Hall–Kier alpha value is -2.01. The highest BCUT2D eigenvalue weighted by Gasteiger charge is 2.16. The Labute approximate surface area is 122 Å². The van der Waals surface area contributed by atoms with Crippen molar-refractivity contribution in [3.05, 3.63) is 46.5 Å². The van der Waals surface area contributed by atoms with Crippen LogP contribution in [0, 0.1) is 6.92 Å². The second-order valence-electron chi connectivity index (χ2n) is 4.22. The van der Waals surface area contributed by atoms with Gasteiger partial charge in [-0.1, -0.05) is 11.6 Å². The third-order valence-electron chi connectivity index (χ3n) is 3.02. The van der Waals surface area contributed by atoms with E-state index in [0.717, 1.165) is 5.56 Å². The number of nitrogens with zero attached hydrogens (tertiary/aromatic N) is 2. The van der Waals surface area contributed by atoms with Crippen LogP contribution in [0.1, 0.15) is 21.9 Å². The predicted octanol–water partition coefficient (Wildman–Crippen LogP) is 2.69. The second kappa shape index (κ2) is 5.96. The summed E-state index contributed by atoms with van der Waals surface area (Å²) >= 11 is 6.01. The van der Waals surface area contributed by atoms with Crippen molar-refractivity contribution in [3.8, 4) is 5.75 Å². The monoisotopic (exact) mass is 294 g/mol. The maximum absolute atomic E-state index is 11.7. The number of hydrogen-bond acceptors (Lipinski definition) is 4. The Morgan fingerprint density at radius 1 is 1.40 bits per heavy atom. The molecule has 1 heterocycles. The summed E-state index contributed by atoms with van der Waals surface area (Å²) in [4.78, 5) is 15.9. The molecule has 0 amide bonds. The lowest BCUT2D eigenvalue weighted by Gasteiger charge is -2.12. The molecule has 1 aromatic heterocycles. The number of carbonyl (C=O) groups excluding carboxylic acids is 1. The fourth-order valence-corrected chi connectivity index (χ4v) is 2.17. The van der Waals surface area contributed by atoms with Crippen LogP contribution in [0.2, 0.25) is 5.02 Å². The van der Waals surface area contributed by atoms with E-state index < -0.39 is 5.97 Å². The minimum Gasteiger partial charge on any atom is -0.496 e. The van der Waals surface area contributed by atoms with Gasteiger partial charge in [-0.2, -0.15) is 0 Å². The van der Waals surface area contributed by atoms with E-state index in [4.69, 9.17) is 21.1 Å². The van der Waals surface area contributed by atoms with Crippen LogP contribution in [-0.2, 0) is 11.3 Å². The van der Waals surface area contributed by atoms with Crippen LogP contribution >= 0.6 is 11.6 Å². The van der Waals surface area contributed by atoms with Gasteiger partial charge in [0.15, 0.2) is 0 Å². The molecule has 0 atom stereocenters. The number of rotatable bonds is 4. The zero-order valence-electron chi connectivity index (χ0n) is 11.5. The molecule has 0 bridgehead atoms. The predicted molar refractivity (Wildman–Crippen MR) is 75.4 cm³/mol. The minimum absolute atomic E-state index is 0.395. The van der Waals surface area contributed by atoms with E-state index in [1.165, 1.54) is 13.3 Å². The average Bonchev–Trinajstić information content (AvgIpc) is 2.80. The highest BCUT2D eigenvalue weighted by molar-refractivity contribution is 6.30. The Balaban J connectivity index is 2.42. The third kappa shape index (κ3) is 2.77. The van der Waals surface area contributed by atoms with Crippen molar-refractivity contribution >= 4 is 17.6 Å². The van der Waals surface area contributed by atoms with Gasteiger partial charge < -0.3 is 14.0 Å². The Bertz CT molecular complexity index is 637. The summed E-state index contributed by atoms with van der Waals surface area (Å²) < 4.78 is 11.8. The third-order valence-corrected chi connectivity index (χ3v) is 3.26. The molecule has 0 fully saturated rings. The first kappa shape index (κ1) is 14.4. The number of imidazole rings is 1. The SMILES string of the molecule is COC(=O)c1cnc(C)n1Cc1cc(Cl)ccc1OC.